The van der Waals surface area contributed by atoms with Crippen molar-refractivity contribution in [2.45, 2.75) is 0 Å². The molecule has 0 saturated carbocycles. The molecule has 0 atom stereocenters. The van der Waals surface area contributed by atoms with Crippen molar-refractivity contribution in [3.05, 3.63) is 53.3 Å². The minimum atomic E-state index is -0.571. The first kappa shape index (κ1) is 10.1. The van der Waals surface area contributed by atoms with Gasteiger partial charge in [0.25, 0.3) is 0 Å². The highest BCUT2D eigenvalue weighted by atomic mass is 35.5. The third-order valence-electron chi connectivity index (χ3n) is 1.99. The van der Waals surface area contributed by atoms with Crippen molar-refractivity contribution in [3.63, 3.8) is 0 Å². The van der Waals surface area contributed by atoms with Crippen LogP contribution in [0.1, 0.15) is 0 Å². The first-order chi connectivity index (χ1) is 7.18. The third-order valence-corrected chi connectivity index (χ3v) is 2.23. The minimum absolute atomic E-state index is 0.141. The van der Waals surface area contributed by atoms with Crippen molar-refractivity contribution >= 4 is 11.6 Å². The molecule has 0 unspecified atom stereocenters. The van der Waals surface area contributed by atoms with Gasteiger partial charge in [-0.2, -0.15) is 0 Å². The van der Waals surface area contributed by atoms with Gasteiger partial charge in [0.2, 0.25) is 0 Å². The molecule has 0 radical (unpaired) electrons. The van der Waals surface area contributed by atoms with Crippen LogP contribution in [0.2, 0.25) is 5.02 Å². The van der Waals surface area contributed by atoms with E-state index in [1.807, 2.05) is 0 Å². The summed E-state index contributed by atoms with van der Waals surface area (Å²) in [5.74, 6) is -1.08. The summed E-state index contributed by atoms with van der Waals surface area (Å²) < 4.78 is 26.7. The van der Waals surface area contributed by atoms with Crippen LogP contribution in [0.4, 0.5) is 8.78 Å². The fraction of sp³-hybridized carbons (Fsp3) is 0. The van der Waals surface area contributed by atoms with Crippen LogP contribution in [-0.4, -0.2) is 4.98 Å². The first-order valence-corrected chi connectivity index (χ1v) is 4.61. The van der Waals surface area contributed by atoms with Crippen molar-refractivity contribution < 1.29 is 8.78 Å². The van der Waals surface area contributed by atoms with Gasteiger partial charge in [-0.1, -0.05) is 11.6 Å². The molecule has 2 rings (SSSR count). The van der Waals surface area contributed by atoms with E-state index in [1.54, 1.807) is 0 Å². The molecular weight excluding hydrogens is 220 g/mol. The Morgan fingerprint density at radius 2 is 1.80 bits per heavy atom. The van der Waals surface area contributed by atoms with E-state index in [9.17, 15) is 8.78 Å². The van der Waals surface area contributed by atoms with Gasteiger partial charge in [-0.3, -0.25) is 4.98 Å². The summed E-state index contributed by atoms with van der Waals surface area (Å²) in [6.45, 7) is 0. The summed E-state index contributed by atoms with van der Waals surface area (Å²) in [4.78, 5) is 3.59. The van der Waals surface area contributed by atoms with E-state index in [1.165, 1.54) is 30.5 Å². The van der Waals surface area contributed by atoms with Gasteiger partial charge >= 0.3 is 0 Å². The van der Waals surface area contributed by atoms with E-state index in [-0.39, 0.29) is 11.1 Å². The Balaban J connectivity index is 2.64. The van der Waals surface area contributed by atoms with Crippen LogP contribution in [0, 0.1) is 11.6 Å². The smallest absolute Gasteiger partial charge is 0.149 e. The van der Waals surface area contributed by atoms with Crippen LogP contribution in [-0.2, 0) is 0 Å². The largest absolute Gasteiger partial charge is 0.262 e. The van der Waals surface area contributed by atoms with E-state index >= 15 is 0 Å². The Bertz CT molecular complexity index is 500. The highest BCUT2D eigenvalue weighted by Gasteiger charge is 2.09. The number of benzene rings is 1. The van der Waals surface area contributed by atoms with E-state index in [0.29, 0.717) is 5.02 Å². The Morgan fingerprint density at radius 1 is 1.00 bits per heavy atom. The number of rotatable bonds is 1. The molecule has 15 heavy (non-hydrogen) atoms. The average molecular weight is 226 g/mol. The molecule has 1 aromatic carbocycles. The van der Waals surface area contributed by atoms with Crippen LogP contribution in [0.5, 0.6) is 0 Å². The zero-order valence-electron chi connectivity index (χ0n) is 7.55. The SMILES string of the molecule is Fc1cnccc1-c1cc(Cl)ccc1F. The number of hydrogen-bond acceptors (Lipinski definition) is 1. The standard InChI is InChI=1S/C11H6ClF2N/c12-7-1-2-10(13)9(5-7)8-3-4-15-6-11(8)14/h1-6H. The molecule has 0 amide bonds. The molecule has 2 aromatic rings. The molecule has 0 aliphatic rings. The number of pyridine rings is 1. The molecule has 0 aliphatic heterocycles. The Labute approximate surface area is 90.3 Å². The quantitative estimate of drug-likeness (QED) is 0.722. The maximum absolute atomic E-state index is 13.4. The molecular formula is C11H6ClF2N. The van der Waals surface area contributed by atoms with Crippen LogP contribution in [0.25, 0.3) is 11.1 Å². The molecule has 0 N–H and O–H groups in total. The van der Waals surface area contributed by atoms with Gasteiger partial charge < -0.3 is 0 Å². The lowest BCUT2D eigenvalue weighted by Crippen LogP contribution is -1.89. The van der Waals surface area contributed by atoms with E-state index in [2.05, 4.69) is 4.98 Å². The monoisotopic (exact) mass is 225 g/mol. The predicted octanol–water partition coefficient (Wildman–Crippen LogP) is 3.68. The van der Waals surface area contributed by atoms with Crippen LogP contribution < -0.4 is 0 Å². The van der Waals surface area contributed by atoms with Gasteiger partial charge in [-0.05, 0) is 24.3 Å². The molecule has 0 bridgehead atoms. The van der Waals surface area contributed by atoms with Gasteiger partial charge in [0.1, 0.15) is 11.6 Å². The molecule has 0 saturated heterocycles. The zero-order valence-corrected chi connectivity index (χ0v) is 8.30. The summed E-state index contributed by atoms with van der Waals surface area (Å²) in [6, 6.07) is 5.41. The van der Waals surface area contributed by atoms with Gasteiger partial charge in [0.05, 0.1) is 6.20 Å². The highest BCUT2D eigenvalue weighted by Crippen LogP contribution is 2.27. The molecule has 4 heteroatoms. The second-order valence-corrected chi connectivity index (χ2v) is 3.42. The summed E-state index contributed by atoms with van der Waals surface area (Å²) >= 11 is 5.71. The van der Waals surface area contributed by atoms with E-state index in [0.717, 1.165) is 6.20 Å². The van der Waals surface area contributed by atoms with Gasteiger partial charge in [0, 0.05) is 22.3 Å². The van der Waals surface area contributed by atoms with E-state index in [4.69, 9.17) is 11.6 Å². The summed E-state index contributed by atoms with van der Waals surface area (Å²) in [6.07, 6.45) is 2.44. The fourth-order valence-electron chi connectivity index (χ4n) is 1.30. The second kappa shape index (κ2) is 3.95. The van der Waals surface area contributed by atoms with Crippen LogP contribution >= 0.6 is 11.6 Å². The maximum atomic E-state index is 13.4. The Morgan fingerprint density at radius 3 is 2.53 bits per heavy atom. The van der Waals surface area contributed by atoms with Gasteiger partial charge in [-0.25, -0.2) is 8.78 Å². The van der Waals surface area contributed by atoms with Crippen molar-refractivity contribution in [1.82, 2.24) is 4.98 Å². The van der Waals surface area contributed by atoms with Gasteiger partial charge in [0.15, 0.2) is 0 Å². The Hall–Kier alpha value is -1.48. The minimum Gasteiger partial charge on any atom is -0.262 e. The molecule has 1 aromatic heterocycles. The summed E-state index contributed by atoms with van der Waals surface area (Å²) in [5, 5.41) is 0.364. The second-order valence-electron chi connectivity index (χ2n) is 2.98. The third kappa shape index (κ3) is 1.97. The van der Waals surface area contributed by atoms with E-state index < -0.39 is 11.6 Å². The molecule has 1 nitrogen and oxygen atoms in total. The molecule has 76 valence electrons. The lowest BCUT2D eigenvalue weighted by atomic mass is 10.1. The van der Waals surface area contributed by atoms with Crippen molar-refractivity contribution in [3.8, 4) is 11.1 Å². The van der Waals surface area contributed by atoms with Gasteiger partial charge in [-0.15, -0.1) is 0 Å². The number of halogens is 3. The van der Waals surface area contributed by atoms with Crippen molar-refractivity contribution in [1.29, 1.82) is 0 Å². The number of nitrogens with zero attached hydrogens (tertiary/aromatic N) is 1. The molecule has 1 heterocycles. The normalized spacial score (nSPS) is 10.3. The summed E-state index contributed by atoms with van der Waals surface area (Å²) in [5.41, 5.74) is 0.299. The molecule has 0 spiro atoms. The molecule has 0 aliphatic carbocycles. The van der Waals surface area contributed by atoms with Crippen molar-refractivity contribution in [2.24, 2.45) is 0 Å². The zero-order chi connectivity index (χ0) is 10.8. The first-order valence-electron chi connectivity index (χ1n) is 4.23. The average Bonchev–Trinajstić information content (AvgIpc) is 2.23. The number of aromatic nitrogens is 1. The lowest BCUT2D eigenvalue weighted by Gasteiger charge is -2.04. The van der Waals surface area contributed by atoms with Crippen LogP contribution in [0.3, 0.4) is 0 Å². The predicted molar refractivity (Wildman–Crippen MR) is 54.6 cm³/mol. The Kier molecular flexibility index (Phi) is 2.64. The fourth-order valence-corrected chi connectivity index (χ4v) is 1.47. The highest BCUT2D eigenvalue weighted by molar-refractivity contribution is 6.30. The molecule has 0 fully saturated rings. The number of hydrogen-bond donors (Lipinski definition) is 0. The van der Waals surface area contributed by atoms with Crippen LogP contribution in [0.15, 0.2) is 36.7 Å². The topological polar surface area (TPSA) is 12.9 Å². The maximum Gasteiger partial charge on any atom is 0.149 e. The lowest BCUT2D eigenvalue weighted by molar-refractivity contribution is 0.613. The summed E-state index contributed by atoms with van der Waals surface area (Å²) in [7, 11) is 0. The van der Waals surface area contributed by atoms with Crippen molar-refractivity contribution in [2.75, 3.05) is 0 Å².